The van der Waals surface area contributed by atoms with Crippen LogP contribution in [0.2, 0.25) is 5.02 Å². The van der Waals surface area contributed by atoms with E-state index in [9.17, 15) is 0 Å². The monoisotopic (exact) mass is 288 g/mol. The zero-order valence-corrected chi connectivity index (χ0v) is 12.3. The van der Waals surface area contributed by atoms with E-state index in [1.807, 2.05) is 18.2 Å². The first-order valence-corrected chi connectivity index (χ1v) is 7.21. The van der Waals surface area contributed by atoms with Gasteiger partial charge in [0.1, 0.15) is 0 Å². The van der Waals surface area contributed by atoms with Crippen molar-refractivity contribution in [3.63, 3.8) is 0 Å². The quantitative estimate of drug-likeness (QED) is 0.691. The highest BCUT2D eigenvalue weighted by atomic mass is 35.5. The van der Waals surface area contributed by atoms with Gasteiger partial charge in [0.15, 0.2) is 5.13 Å². The topological polar surface area (TPSA) is 24.9 Å². The number of fused-ring (bicyclic) bond motifs is 1. The molecular weight excluding hydrogens is 276 g/mol. The van der Waals surface area contributed by atoms with Crippen LogP contribution in [0.1, 0.15) is 11.1 Å². The van der Waals surface area contributed by atoms with Gasteiger partial charge < -0.3 is 5.32 Å². The zero-order valence-electron chi connectivity index (χ0n) is 10.7. The molecule has 96 valence electrons. The van der Waals surface area contributed by atoms with Crippen LogP contribution in [0.4, 0.5) is 10.8 Å². The van der Waals surface area contributed by atoms with E-state index in [-0.39, 0.29) is 0 Å². The molecule has 0 amide bonds. The number of benzene rings is 2. The largest absolute Gasteiger partial charge is 0.332 e. The summed E-state index contributed by atoms with van der Waals surface area (Å²) in [6.45, 7) is 4.22. The third-order valence-corrected chi connectivity index (χ3v) is 4.29. The SMILES string of the molecule is Cc1ccc(Nc2nc3cc(Cl)ccc3s2)cc1C. The van der Waals surface area contributed by atoms with Crippen LogP contribution in [0.3, 0.4) is 0 Å². The number of thiazole rings is 1. The molecular formula is C15H13ClN2S. The minimum atomic E-state index is 0.718. The Morgan fingerprint density at radius 1 is 1.05 bits per heavy atom. The first-order valence-electron chi connectivity index (χ1n) is 6.02. The van der Waals surface area contributed by atoms with E-state index in [1.165, 1.54) is 11.1 Å². The Hall–Kier alpha value is -1.58. The summed E-state index contributed by atoms with van der Waals surface area (Å²) in [5, 5.41) is 4.95. The molecule has 0 aliphatic heterocycles. The van der Waals surface area contributed by atoms with Crippen LogP contribution in [0, 0.1) is 13.8 Å². The molecule has 0 fully saturated rings. The average Bonchev–Trinajstić information content (AvgIpc) is 2.75. The molecule has 0 spiro atoms. The zero-order chi connectivity index (χ0) is 13.4. The minimum Gasteiger partial charge on any atom is -0.332 e. The van der Waals surface area contributed by atoms with Crippen molar-refractivity contribution in [2.45, 2.75) is 13.8 Å². The molecule has 2 nitrogen and oxygen atoms in total. The van der Waals surface area contributed by atoms with Crippen molar-refractivity contribution in [1.29, 1.82) is 0 Å². The van der Waals surface area contributed by atoms with Crippen molar-refractivity contribution in [2.75, 3.05) is 5.32 Å². The first-order chi connectivity index (χ1) is 9.11. The predicted octanol–water partition coefficient (Wildman–Crippen LogP) is 5.31. The van der Waals surface area contributed by atoms with Crippen LogP contribution in [0.25, 0.3) is 10.2 Å². The number of anilines is 2. The highest BCUT2D eigenvalue weighted by molar-refractivity contribution is 7.22. The third kappa shape index (κ3) is 2.57. The Morgan fingerprint density at radius 2 is 1.89 bits per heavy atom. The van der Waals surface area contributed by atoms with Crippen molar-refractivity contribution >= 4 is 44.0 Å². The number of nitrogens with one attached hydrogen (secondary N) is 1. The van der Waals surface area contributed by atoms with Gasteiger partial charge in [-0.15, -0.1) is 0 Å². The highest BCUT2D eigenvalue weighted by Crippen LogP contribution is 2.30. The lowest BCUT2D eigenvalue weighted by Crippen LogP contribution is -1.90. The van der Waals surface area contributed by atoms with Crippen molar-refractivity contribution < 1.29 is 0 Å². The fourth-order valence-electron chi connectivity index (χ4n) is 1.90. The van der Waals surface area contributed by atoms with Crippen LogP contribution in [0.15, 0.2) is 36.4 Å². The summed E-state index contributed by atoms with van der Waals surface area (Å²) in [6.07, 6.45) is 0. The molecule has 0 atom stereocenters. The van der Waals surface area contributed by atoms with Crippen LogP contribution >= 0.6 is 22.9 Å². The lowest BCUT2D eigenvalue weighted by atomic mass is 10.1. The van der Waals surface area contributed by atoms with Crippen LogP contribution < -0.4 is 5.32 Å². The molecule has 0 saturated heterocycles. The van der Waals surface area contributed by atoms with E-state index >= 15 is 0 Å². The average molecular weight is 289 g/mol. The molecule has 1 aromatic heterocycles. The number of hydrogen-bond acceptors (Lipinski definition) is 3. The van der Waals surface area contributed by atoms with Gasteiger partial charge in [0.05, 0.1) is 10.2 Å². The maximum atomic E-state index is 5.97. The fourth-order valence-corrected chi connectivity index (χ4v) is 2.93. The van der Waals surface area contributed by atoms with Crippen molar-refractivity contribution in [3.05, 3.63) is 52.5 Å². The molecule has 1 N–H and O–H groups in total. The Balaban J connectivity index is 1.94. The van der Waals surface area contributed by atoms with E-state index < -0.39 is 0 Å². The minimum absolute atomic E-state index is 0.718. The van der Waals surface area contributed by atoms with Gasteiger partial charge in [0.25, 0.3) is 0 Å². The summed E-state index contributed by atoms with van der Waals surface area (Å²) >= 11 is 7.60. The van der Waals surface area contributed by atoms with Gasteiger partial charge in [-0.25, -0.2) is 4.98 Å². The van der Waals surface area contributed by atoms with Gasteiger partial charge in [-0.05, 0) is 55.3 Å². The van der Waals surface area contributed by atoms with E-state index in [1.54, 1.807) is 11.3 Å². The smallest absolute Gasteiger partial charge is 0.188 e. The first kappa shape index (κ1) is 12.5. The Kier molecular flexibility index (Phi) is 3.17. The number of aryl methyl sites for hydroxylation is 2. The fraction of sp³-hybridized carbons (Fsp3) is 0.133. The summed E-state index contributed by atoms with van der Waals surface area (Å²) in [7, 11) is 0. The summed E-state index contributed by atoms with van der Waals surface area (Å²) in [5.74, 6) is 0. The van der Waals surface area contributed by atoms with Crippen LogP contribution in [-0.2, 0) is 0 Å². The molecule has 0 bridgehead atoms. The molecule has 3 rings (SSSR count). The van der Waals surface area contributed by atoms with E-state index in [2.05, 4.69) is 42.3 Å². The number of aromatic nitrogens is 1. The van der Waals surface area contributed by atoms with Gasteiger partial charge in [-0.3, -0.25) is 0 Å². The molecule has 0 radical (unpaired) electrons. The number of rotatable bonds is 2. The van der Waals surface area contributed by atoms with E-state index in [0.29, 0.717) is 0 Å². The number of halogens is 1. The molecule has 0 saturated carbocycles. The van der Waals surface area contributed by atoms with Gasteiger partial charge in [-0.2, -0.15) is 0 Å². The predicted molar refractivity (Wildman–Crippen MR) is 83.8 cm³/mol. The highest BCUT2D eigenvalue weighted by Gasteiger charge is 2.05. The van der Waals surface area contributed by atoms with Gasteiger partial charge in [0.2, 0.25) is 0 Å². The Bertz CT molecular complexity index is 749. The van der Waals surface area contributed by atoms with Crippen molar-refractivity contribution in [3.8, 4) is 0 Å². The summed E-state index contributed by atoms with van der Waals surface area (Å²) in [5.41, 5.74) is 4.56. The Labute approximate surface area is 121 Å². The second kappa shape index (κ2) is 4.83. The van der Waals surface area contributed by atoms with Crippen LogP contribution in [-0.4, -0.2) is 4.98 Å². The summed E-state index contributed by atoms with van der Waals surface area (Å²) < 4.78 is 1.13. The molecule has 1 heterocycles. The lowest BCUT2D eigenvalue weighted by molar-refractivity contribution is 1.33. The van der Waals surface area contributed by atoms with Gasteiger partial charge >= 0.3 is 0 Å². The summed E-state index contributed by atoms with van der Waals surface area (Å²) in [4.78, 5) is 4.54. The van der Waals surface area contributed by atoms with E-state index in [4.69, 9.17) is 11.6 Å². The molecule has 3 aromatic rings. The number of hydrogen-bond donors (Lipinski definition) is 1. The summed E-state index contributed by atoms with van der Waals surface area (Å²) in [6, 6.07) is 12.1. The lowest BCUT2D eigenvalue weighted by Gasteiger charge is -2.05. The van der Waals surface area contributed by atoms with Crippen molar-refractivity contribution in [1.82, 2.24) is 4.98 Å². The third-order valence-electron chi connectivity index (χ3n) is 3.11. The normalized spacial score (nSPS) is 10.9. The molecule has 4 heteroatoms. The van der Waals surface area contributed by atoms with Crippen molar-refractivity contribution in [2.24, 2.45) is 0 Å². The second-order valence-corrected chi connectivity index (χ2v) is 6.02. The standard InChI is InChI=1S/C15H13ClN2S/c1-9-3-5-12(7-10(9)2)17-15-18-13-8-11(16)4-6-14(13)19-15/h3-8H,1-2H3,(H,17,18). The second-order valence-electron chi connectivity index (χ2n) is 4.56. The molecule has 0 unspecified atom stereocenters. The molecule has 2 aromatic carbocycles. The maximum Gasteiger partial charge on any atom is 0.188 e. The number of nitrogens with zero attached hydrogens (tertiary/aromatic N) is 1. The molecule has 0 aliphatic carbocycles. The van der Waals surface area contributed by atoms with Gasteiger partial charge in [-0.1, -0.05) is 29.0 Å². The molecule has 0 aliphatic rings. The Morgan fingerprint density at radius 3 is 2.68 bits per heavy atom. The van der Waals surface area contributed by atoms with Crippen LogP contribution in [0.5, 0.6) is 0 Å². The van der Waals surface area contributed by atoms with E-state index in [0.717, 1.165) is 26.1 Å². The van der Waals surface area contributed by atoms with Gasteiger partial charge in [0, 0.05) is 10.7 Å². The maximum absolute atomic E-state index is 5.97. The molecule has 19 heavy (non-hydrogen) atoms.